The summed E-state index contributed by atoms with van der Waals surface area (Å²) in [4.78, 5) is 10.4. The van der Waals surface area contributed by atoms with Crippen LogP contribution in [-0.4, -0.2) is 12.9 Å². The summed E-state index contributed by atoms with van der Waals surface area (Å²) in [5.74, 6) is 0.877. The second-order valence-electron chi connectivity index (χ2n) is 2.92. The Labute approximate surface area is 76.8 Å². The van der Waals surface area contributed by atoms with E-state index in [1.807, 2.05) is 24.3 Å². The Morgan fingerprint density at radius 2 is 2.15 bits per heavy atom. The second-order valence-corrected chi connectivity index (χ2v) is 2.92. The lowest BCUT2D eigenvalue weighted by atomic mass is 10.00. The molecule has 0 bridgehead atoms. The number of hydrogen-bond donors (Lipinski definition) is 0. The van der Waals surface area contributed by atoms with Crippen molar-refractivity contribution in [2.45, 2.75) is 6.42 Å². The van der Waals surface area contributed by atoms with Crippen molar-refractivity contribution in [2.24, 2.45) is 0 Å². The zero-order chi connectivity index (χ0) is 9.10. The summed E-state index contributed by atoms with van der Waals surface area (Å²) in [6, 6.07) is 7.78. The van der Waals surface area contributed by atoms with Crippen molar-refractivity contribution < 1.29 is 9.53 Å². The Kier molecular flexibility index (Phi) is 2.13. The van der Waals surface area contributed by atoms with Crippen LogP contribution >= 0.6 is 0 Å². The molecule has 0 radical (unpaired) electrons. The van der Waals surface area contributed by atoms with E-state index in [2.05, 4.69) is 0 Å². The fraction of sp³-hybridized carbons (Fsp3) is 0.182. The van der Waals surface area contributed by atoms with Gasteiger partial charge in [-0.15, -0.1) is 0 Å². The SMILES string of the molecule is O=C/C=C1\CCOc2ccccc21. The highest BCUT2D eigenvalue weighted by molar-refractivity contribution is 5.84. The fourth-order valence-electron chi connectivity index (χ4n) is 1.52. The van der Waals surface area contributed by atoms with Gasteiger partial charge in [0.05, 0.1) is 6.61 Å². The molecule has 0 amide bonds. The minimum Gasteiger partial charge on any atom is -0.493 e. The first kappa shape index (κ1) is 8.05. The van der Waals surface area contributed by atoms with Crippen molar-refractivity contribution in [1.82, 2.24) is 0 Å². The average Bonchev–Trinajstić information content (AvgIpc) is 2.19. The summed E-state index contributed by atoms with van der Waals surface area (Å²) in [5, 5.41) is 0. The second kappa shape index (κ2) is 3.44. The van der Waals surface area contributed by atoms with Gasteiger partial charge in [-0.05, 0) is 17.7 Å². The van der Waals surface area contributed by atoms with Gasteiger partial charge < -0.3 is 4.74 Å². The van der Waals surface area contributed by atoms with Crippen molar-refractivity contribution >= 4 is 11.9 Å². The average molecular weight is 174 g/mol. The quantitative estimate of drug-likeness (QED) is 0.481. The molecule has 13 heavy (non-hydrogen) atoms. The largest absolute Gasteiger partial charge is 0.493 e. The van der Waals surface area contributed by atoms with Gasteiger partial charge in [-0.25, -0.2) is 0 Å². The first-order chi connectivity index (χ1) is 6.42. The standard InChI is InChI=1S/C11H10O2/c12-7-5-9-6-8-13-11-4-2-1-3-10(9)11/h1-5,7H,6,8H2/b9-5+. The molecule has 1 aromatic rings. The number of hydrogen-bond acceptors (Lipinski definition) is 2. The number of carbonyl (C=O) groups excluding carboxylic acids is 1. The predicted molar refractivity (Wildman–Crippen MR) is 50.6 cm³/mol. The van der Waals surface area contributed by atoms with E-state index in [9.17, 15) is 4.79 Å². The van der Waals surface area contributed by atoms with Crippen LogP contribution in [0, 0.1) is 0 Å². The minimum atomic E-state index is 0.663. The van der Waals surface area contributed by atoms with Gasteiger partial charge >= 0.3 is 0 Å². The van der Waals surface area contributed by atoms with Crippen LogP contribution in [0.1, 0.15) is 12.0 Å². The summed E-state index contributed by atoms with van der Waals surface area (Å²) in [7, 11) is 0. The van der Waals surface area contributed by atoms with E-state index in [4.69, 9.17) is 4.74 Å². The molecule has 1 heterocycles. The van der Waals surface area contributed by atoms with Gasteiger partial charge in [-0.1, -0.05) is 18.2 Å². The van der Waals surface area contributed by atoms with Crippen LogP contribution in [0.3, 0.4) is 0 Å². The van der Waals surface area contributed by atoms with E-state index in [-0.39, 0.29) is 0 Å². The molecule has 0 N–H and O–H groups in total. The van der Waals surface area contributed by atoms with Crippen LogP contribution in [0.2, 0.25) is 0 Å². The number of para-hydroxylation sites is 1. The summed E-state index contributed by atoms with van der Waals surface area (Å²) < 4.78 is 5.44. The molecule has 1 aliphatic heterocycles. The molecule has 0 saturated heterocycles. The number of fused-ring (bicyclic) bond motifs is 1. The van der Waals surface area contributed by atoms with Gasteiger partial charge in [0, 0.05) is 12.0 Å². The Morgan fingerprint density at radius 3 is 3.00 bits per heavy atom. The molecule has 1 aliphatic rings. The van der Waals surface area contributed by atoms with Crippen molar-refractivity contribution in [3.05, 3.63) is 35.9 Å². The molecule has 66 valence electrons. The summed E-state index contributed by atoms with van der Waals surface area (Å²) >= 11 is 0. The summed E-state index contributed by atoms with van der Waals surface area (Å²) in [5.41, 5.74) is 2.11. The zero-order valence-electron chi connectivity index (χ0n) is 7.19. The molecule has 2 nitrogen and oxygen atoms in total. The Hall–Kier alpha value is -1.57. The lowest BCUT2D eigenvalue weighted by Gasteiger charge is -2.19. The highest BCUT2D eigenvalue weighted by atomic mass is 16.5. The minimum absolute atomic E-state index is 0.663. The van der Waals surface area contributed by atoms with Crippen LogP contribution in [0.5, 0.6) is 5.75 Å². The molecule has 2 rings (SSSR count). The first-order valence-electron chi connectivity index (χ1n) is 4.28. The van der Waals surface area contributed by atoms with Crippen molar-refractivity contribution in [3.8, 4) is 5.75 Å². The maximum atomic E-state index is 10.4. The highest BCUT2D eigenvalue weighted by Gasteiger charge is 2.13. The molecule has 2 heteroatoms. The third-order valence-electron chi connectivity index (χ3n) is 2.13. The molecule has 1 aromatic carbocycles. The molecule has 0 unspecified atom stereocenters. The first-order valence-corrected chi connectivity index (χ1v) is 4.28. The van der Waals surface area contributed by atoms with E-state index in [0.29, 0.717) is 6.61 Å². The monoisotopic (exact) mass is 174 g/mol. The third-order valence-corrected chi connectivity index (χ3v) is 2.13. The number of benzene rings is 1. The zero-order valence-corrected chi connectivity index (χ0v) is 7.19. The van der Waals surface area contributed by atoms with Gasteiger partial charge in [0.25, 0.3) is 0 Å². The molecule has 0 fully saturated rings. The molecule has 0 saturated carbocycles. The van der Waals surface area contributed by atoms with Crippen molar-refractivity contribution in [2.75, 3.05) is 6.61 Å². The van der Waals surface area contributed by atoms with Gasteiger partial charge in [-0.2, -0.15) is 0 Å². The fourth-order valence-corrected chi connectivity index (χ4v) is 1.52. The Bertz CT molecular complexity index is 353. The van der Waals surface area contributed by atoms with Crippen LogP contribution in [0.15, 0.2) is 30.3 Å². The Balaban J connectivity index is 2.48. The van der Waals surface area contributed by atoms with E-state index in [1.54, 1.807) is 6.08 Å². The van der Waals surface area contributed by atoms with E-state index in [1.165, 1.54) is 0 Å². The van der Waals surface area contributed by atoms with Gasteiger partial charge in [0.15, 0.2) is 0 Å². The molecular formula is C11H10O2. The van der Waals surface area contributed by atoms with Crippen molar-refractivity contribution in [3.63, 3.8) is 0 Å². The van der Waals surface area contributed by atoms with E-state index < -0.39 is 0 Å². The molecule has 0 atom stereocenters. The van der Waals surface area contributed by atoms with E-state index >= 15 is 0 Å². The molecule has 0 aliphatic carbocycles. The Morgan fingerprint density at radius 1 is 1.31 bits per heavy atom. The maximum absolute atomic E-state index is 10.4. The molecular weight excluding hydrogens is 164 g/mol. The summed E-state index contributed by atoms with van der Waals surface area (Å²) in [6.07, 6.45) is 3.26. The lowest BCUT2D eigenvalue weighted by Crippen LogP contribution is -2.07. The maximum Gasteiger partial charge on any atom is 0.143 e. The summed E-state index contributed by atoms with van der Waals surface area (Å²) in [6.45, 7) is 0.663. The van der Waals surface area contributed by atoms with Gasteiger partial charge in [-0.3, -0.25) is 4.79 Å². The number of aldehydes is 1. The van der Waals surface area contributed by atoms with Crippen LogP contribution in [0.25, 0.3) is 5.57 Å². The van der Waals surface area contributed by atoms with Crippen LogP contribution in [0.4, 0.5) is 0 Å². The van der Waals surface area contributed by atoms with Crippen LogP contribution < -0.4 is 4.74 Å². The topological polar surface area (TPSA) is 26.3 Å². The number of carbonyl (C=O) groups is 1. The predicted octanol–water partition coefficient (Wildman–Crippen LogP) is 2.05. The lowest BCUT2D eigenvalue weighted by molar-refractivity contribution is -0.104. The number of rotatable bonds is 1. The number of allylic oxidation sites excluding steroid dienone is 1. The smallest absolute Gasteiger partial charge is 0.143 e. The van der Waals surface area contributed by atoms with Crippen molar-refractivity contribution in [1.29, 1.82) is 0 Å². The molecule has 0 aromatic heterocycles. The molecule has 0 spiro atoms. The van der Waals surface area contributed by atoms with E-state index in [0.717, 1.165) is 29.6 Å². The van der Waals surface area contributed by atoms with Gasteiger partial charge in [0.1, 0.15) is 12.0 Å². The highest BCUT2D eigenvalue weighted by Crippen LogP contribution is 2.31. The third kappa shape index (κ3) is 1.47. The number of ether oxygens (including phenoxy) is 1. The van der Waals surface area contributed by atoms with Crippen LogP contribution in [-0.2, 0) is 4.79 Å². The normalized spacial score (nSPS) is 17.7. The van der Waals surface area contributed by atoms with Gasteiger partial charge in [0.2, 0.25) is 0 Å².